The number of fused-ring (bicyclic) bond motifs is 3. The number of aliphatic hydroxyl groups is 1. The molecule has 0 radical (unpaired) electrons. The molecule has 0 bridgehead atoms. The number of rotatable bonds is 11. The van der Waals surface area contributed by atoms with Crippen molar-refractivity contribution in [2.45, 2.75) is 70.1 Å². The van der Waals surface area contributed by atoms with Gasteiger partial charge in [0.05, 0.1) is 35.0 Å². The summed E-state index contributed by atoms with van der Waals surface area (Å²) in [5.74, 6) is 1.38. The molecule has 63 heavy (non-hydrogen) atoms. The molecule has 0 spiro atoms. The van der Waals surface area contributed by atoms with Gasteiger partial charge in [0.15, 0.2) is 17.7 Å². The summed E-state index contributed by atoms with van der Waals surface area (Å²) in [4.78, 5) is 60.7. The highest BCUT2D eigenvalue weighted by Crippen LogP contribution is 2.39. The van der Waals surface area contributed by atoms with Crippen molar-refractivity contribution in [3.8, 4) is 5.82 Å². The summed E-state index contributed by atoms with van der Waals surface area (Å²) in [6.45, 7) is 14.2. The molecule has 4 fully saturated rings. The van der Waals surface area contributed by atoms with Crippen molar-refractivity contribution in [3.05, 3.63) is 106 Å². The predicted octanol–water partition coefficient (Wildman–Crippen LogP) is 4.00. The number of aryl methyl sites for hydroxylation is 1. The number of aromatic nitrogens is 7. The largest absolute Gasteiger partial charge is 0.384 e. The number of carbonyl (C=O) groups excluding carboxylic acids is 1. The van der Waals surface area contributed by atoms with Gasteiger partial charge in [0, 0.05) is 76.9 Å². The lowest BCUT2D eigenvalue weighted by Crippen LogP contribution is -2.49. The Morgan fingerprint density at radius 2 is 1.70 bits per heavy atom. The summed E-state index contributed by atoms with van der Waals surface area (Å²) in [7, 11) is 1.86. The number of para-hydroxylation sites is 1. The molecule has 10 rings (SSSR count). The number of piperidine rings is 1. The lowest BCUT2D eigenvalue weighted by atomic mass is 9.95. The van der Waals surface area contributed by atoms with Crippen molar-refractivity contribution in [2.24, 2.45) is 13.0 Å². The maximum atomic E-state index is 13.7. The van der Waals surface area contributed by atoms with E-state index < -0.39 is 5.60 Å². The minimum absolute atomic E-state index is 0.0233. The molecule has 2 aromatic carbocycles. The molecular formula is C46H54N12O5. The molecule has 4 aliphatic rings. The Labute approximate surface area is 364 Å². The van der Waals surface area contributed by atoms with Crippen LogP contribution in [0.3, 0.4) is 0 Å². The molecule has 4 saturated heterocycles. The fourth-order valence-electron chi connectivity index (χ4n) is 9.76. The number of pyridine rings is 1. The molecule has 0 saturated carbocycles. The lowest BCUT2D eigenvalue weighted by Gasteiger charge is -2.40. The van der Waals surface area contributed by atoms with Gasteiger partial charge in [0.2, 0.25) is 11.9 Å². The van der Waals surface area contributed by atoms with Gasteiger partial charge in [0.25, 0.3) is 5.56 Å². The van der Waals surface area contributed by atoms with Crippen LogP contribution in [0.5, 0.6) is 0 Å². The monoisotopic (exact) mass is 854 g/mol. The number of carbonyl (C=O) groups is 1. The van der Waals surface area contributed by atoms with Crippen molar-refractivity contribution in [2.75, 3.05) is 60.9 Å². The minimum atomic E-state index is -1.17. The van der Waals surface area contributed by atoms with Crippen LogP contribution < -0.4 is 31.7 Å². The van der Waals surface area contributed by atoms with Crippen molar-refractivity contribution < 1.29 is 14.6 Å². The Kier molecular flexibility index (Phi) is 10.4. The van der Waals surface area contributed by atoms with Crippen molar-refractivity contribution in [1.82, 2.24) is 43.7 Å². The van der Waals surface area contributed by atoms with E-state index >= 15 is 0 Å². The zero-order chi connectivity index (χ0) is 43.6. The molecule has 3 N–H and O–H groups in total. The Morgan fingerprint density at radius 1 is 0.937 bits per heavy atom. The van der Waals surface area contributed by atoms with Crippen LogP contribution in [0.2, 0.25) is 0 Å². The molecule has 6 aromatic rings. The Bertz CT molecular complexity index is 2820. The molecule has 17 nitrogen and oxygen atoms in total. The van der Waals surface area contributed by atoms with E-state index in [2.05, 4.69) is 60.1 Å². The molecule has 3 atom stereocenters. The van der Waals surface area contributed by atoms with Gasteiger partial charge < -0.3 is 30.3 Å². The van der Waals surface area contributed by atoms with E-state index in [1.165, 1.54) is 10.9 Å². The van der Waals surface area contributed by atoms with Crippen LogP contribution in [0.25, 0.3) is 27.9 Å². The summed E-state index contributed by atoms with van der Waals surface area (Å²) >= 11 is 0. The van der Waals surface area contributed by atoms with Crippen LogP contribution in [-0.2, 0) is 28.7 Å². The van der Waals surface area contributed by atoms with E-state index in [0.29, 0.717) is 47.3 Å². The standard InChI is InChI=1S/C46H54N12O5/c1-5-20-56-43(60)32-27-47-44(51-41(32)58(56)37-11-7-10-36(49-37)46(2,3)62)48-30-12-14-31(15-13-30)54-25-23-53(24-26-54)28-29-18-21-55(22-19-29)33-8-6-9-34-39(33)52(4)45(61)57(34)35-16-17-38(59)50-42-40(35)63-42/h5-15,27,29,35,40,42,62H,1,16-26,28H2,2-4H3,(H,50,59)(H,47,48,51)/t35-,40?,42?/m1/s1. The second-order valence-electron chi connectivity index (χ2n) is 17.8. The minimum Gasteiger partial charge on any atom is -0.384 e. The summed E-state index contributed by atoms with van der Waals surface area (Å²) in [5.41, 5.74) is 4.29. The maximum Gasteiger partial charge on any atom is 0.329 e. The zero-order valence-electron chi connectivity index (χ0n) is 36.0. The van der Waals surface area contributed by atoms with E-state index in [1.54, 1.807) is 47.4 Å². The molecule has 328 valence electrons. The highest BCUT2D eigenvalue weighted by molar-refractivity contribution is 5.90. The number of piperazine rings is 1. The quantitative estimate of drug-likeness (QED) is 0.126. The van der Waals surface area contributed by atoms with Gasteiger partial charge in [0.1, 0.15) is 17.1 Å². The van der Waals surface area contributed by atoms with E-state index in [9.17, 15) is 19.5 Å². The highest BCUT2D eigenvalue weighted by atomic mass is 16.6. The molecule has 1 amide bonds. The predicted molar refractivity (Wildman–Crippen MR) is 242 cm³/mol. The van der Waals surface area contributed by atoms with Crippen molar-refractivity contribution >= 4 is 51.0 Å². The maximum absolute atomic E-state index is 13.7. The Balaban J connectivity index is 0.754. The number of hydrogen-bond acceptors (Lipinski definition) is 12. The molecule has 4 aliphatic heterocycles. The average Bonchev–Trinajstić information content (AvgIpc) is 3.95. The smallest absolute Gasteiger partial charge is 0.329 e. The van der Waals surface area contributed by atoms with Gasteiger partial charge in [-0.1, -0.05) is 18.2 Å². The van der Waals surface area contributed by atoms with Gasteiger partial charge in [-0.3, -0.25) is 23.6 Å². The van der Waals surface area contributed by atoms with Crippen LogP contribution >= 0.6 is 0 Å². The number of anilines is 4. The second kappa shape index (κ2) is 16.1. The van der Waals surface area contributed by atoms with Crippen LogP contribution in [0.4, 0.5) is 23.0 Å². The third-order valence-corrected chi connectivity index (χ3v) is 13.2. The first-order chi connectivity index (χ1) is 30.4. The van der Waals surface area contributed by atoms with Crippen LogP contribution in [0, 0.1) is 5.92 Å². The molecule has 4 aromatic heterocycles. The van der Waals surface area contributed by atoms with Gasteiger partial charge in [-0.05, 0) is 87.6 Å². The van der Waals surface area contributed by atoms with Crippen LogP contribution in [-0.4, -0.2) is 108 Å². The molecular weight excluding hydrogens is 801 g/mol. The van der Waals surface area contributed by atoms with Crippen LogP contribution in [0.15, 0.2) is 89.1 Å². The lowest BCUT2D eigenvalue weighted by molar-refractivity contribution is -0.121. The first-order valence-electron chi connectivity index (χ1n) is 22.0. The number of allylic oxidation sites excluding steroid dienone is 1. The van der Waals surface area contributed by atoms with Crippen molar-refractivity contribution in [1.29, 1.82) is 0 Å². The average molecular weight is 855 g/mol. The summed E-state index contributed by atoms with van der Waals surface area (Å²) in [6, 6.07) is 19.6. The van der Waals surface area contributed by atoms with Gasteiger partial charge in [-0.2, -0.15) is 4.98 Å². The van der Waals surface area contributed by atoms with E-state index in [0.717, 1.165) is 86.8 Å². The first-order valence-corrected chi connectivity index (χ1v) is 22.0. The number of epoxide rings is 1. The number of benzene rings is 2. The summed E-state index contributed by atoms with van der Waals surface area (Å²) in [6.07, 6.45) is 5.85. The fourth-order valence-corrected chi connectivity index (χ4v) is 9.76. The SMILES string of the molecule is C=CCn1c(=O)c2cnc(Nc3ccc(N4CCN(CC5CCN(c6cccc7c6n(C)c(=O)n7[C@@H]6CCC(=O)NC7OC76)CC5)CC4)cc3)nc2n1-c1cccc(C(C)(C)O)n1. The summed E-state index contributed by atoms with van der Waals surface area (Å²) in [5, 5.41) is 17.2. The number of ether oxygens (including phenoxy) is 1. The van der Waals surface area contributed by atoms with Crippen molar-refractivity contribution in [3.63, 3.8) is 0 Å². The zero-order valence-corrected chi connectivity index (χ0v) is 36.0. The van der Waals surface area contributed by atoms with Gasteiger partial charge in [-0.25, -0.2) is 24.1 Å². The Hall–Kier alpha value is -6.30. The highest BCUT2D eigenvalue weighted by Gasteiger charge is 2.50. The topological polar surface area (TPSA) is 176 Å². The number of nitrogens with zero attached hydrogens (tertiary/aromatic N) is 10. The van der Waals surface area contributed by atoms with Gasteiger partial charge >= 0.3 is 5.69 Å². The molecule has 0 aliphatic carbocycles. The number of nitrogens with one attached hydrogen (secondary N) is 2. The van der Waals surface area contributed by atoms with Crippen LogP contribution in [0.1, 0.15) is 51.3 Å². The fraction of sp³-hybridized carbons (Fsp3) is 0.435. The van der Waals surface area contributed by atoms with E-state index in [1.807, 2.05) is 35.9 Å². The third-order valence-electron chi connectivity index (χ3n) is 13.2. The molecule has 17 heteroatoms. The van der Waals surface area contributed by atoms with Gasteiger partial charge in [-0.15, -0.1) is 6.58 Å². The van der Waals surface area contributed by atoms with E-state index in [-0.39, 0.29) is 42.1 Å². The number of hydrogen-bond donors (Lipinski definition) is 3. The number of amides is 1. The molecule has 2 unspecified atom stereocenters. The summed E-state index contributed by atoms with van der Waals surface area (Å²) < 4.78 is 12.6. The first kappa shape index (κ1) is 40.8. The van der Waals surface area contributed by atoms with E-state index in [4.69, 9.17) is 9.72 Å². The second-order valence-corrected chi connectivity index (χ2v) is 17.8. The Morgan fingerprint density at radius 3 is 2.44 bits per heavy atom. The normalized spacial score (nSPS) is 21.1. The third kappa shape index (κ3) is 7.67. The molecule has 8 heterocycles. The number of imidazole rings is 1.